The molecule has 0 aliphatic rings. The molecule has 0 atom stereocenters. The van der Waals surface area contributed by atoms with Crippen molar-refractivity contribution in [3.8, 4) is 0 Å². The molecule has 0 saturated carbocycles. The Morgan fingerprint density at radius 2 is 2.00 bits per heavy atom. The van der Waals surface area contributed by atoms with Crippen LogP contribution in [-0.2, 0) is 9.05 Å². The van der Waals surface area contributed by atoms with Gasteiger partial charge in [0.1, 0.15) is 0 Å². The van der Waals surface area contributed by atoms with Gasteiger partial charge in [0, 0.05) is 10.7 Å². The topological polar surface area (TPSA) is 47.3 Å². The molecule has 0 spiro atoms. The molecule has 6 heteroatoms. The van der Waals surface area contributed by atoms with Crippen molar-refractivity contribution >= 4 is 31.3 Å². The van der Waals surface area contributed by atoms with Crippen LogP contribution in [0.4, 0.5) is 0 Å². The summed E-state index contributed by atoms with van der Waals surface area (Å²) in [6.45, 7) is 0. The predicted octanol–water partition coefficient (Wildman–Crippen LogP) is 1.86. The summed E-state index contributed by atoms with van der Waals surface area (Å²) in [5, 5.41) is -0.335. The van der Waals surface area contributed by atoms with Gasteiger partial charge in [0.05, 0.1) is 0 Å². The zero-order chi connectivity index (χ0) is 7.78. The number of furan rings is 1. The smallest absolute Gasteiger partial charge is 0.294 e. The molecule has 0 radical (unpaired) electrons. The van der Waals surface area contributed by atoms with Gasteiger partial charge >= 0.3 is 0 Å². The summed E-state index contributed by atoms with van der Waals surface area (Å²) in [7, 11) is 1.13. The maximum atomic E-state index is 10.5. The van der Waals surface area contributed by atoms with Gasteiger partial charge in [-0.05, 0) is 23.7 Å². The number of rotatable bonds is 1. The molecule has 1 aromatic heterocycles. The molecule has 0 fully saturated rings. The van der Waals surface area contributed by atoms with Crippen LogP contribution >= 0.6 is 22.3 Å². The minimum absolute atomic E-state index is 0.000718. The molecule has 0 amide bonds. The van der Waals surface area contributed by atoms with Crippen molar-refractivity contribution < 1.29 is 12.8 Å². The van der Waals surface area contributed by atoms with Gasteiger partial charge < -0.3 is 4.42 Å². The van der Waals surface area contributed by atoms with E-state index in [4.69, 9.17) is 22.3 Å². The molecule has 3 nitrogen and oxygen atoms in total. The zero-order valence-corrected chi connectivity index (χ0v) is 6.87. The van der Waals surface area contributed by atoms with E-state index in [0.717, 1.165) is 0 Å². The molecule has 0 aromatic carbocycles. The highest BCUT2D eigenvalue weighted by Gasteiger charge is 2.13. The van der Waals surface area contributed by atoms with E-state index in [2.05, 4.69) is 4.42 Å². The number of hydrogen-bond acceptors (Lipinski definition) is 3. The van der Waals surface area contributed by atoms with E-state index in [1.807, 2.05) is 0 Å². The minimum Gasteiger partial charge on any atom is -0.432 e. The van der Waals surface area contributed by atoms with Crippen LogP contribution in [0, 0.1) is 0 Å². The standard InChI is InChI=1S/C4H2Cl2O3S/c5-3-1-2-4(9-3)10(6,7)8/h1-2H. The van der Waals surface area contributed by atoms with Gasteiger partial charge in [-0.15, -0.1) is 0 Å². The fourth-order valence-corrected chi connectivity index (χ4v) is 1.29. The van der Waals surface area contributed by atoms with Crippen LogP contribution in [0.25, 0.3) is 0 Å². The first-order valence-corrected chi connectivity index (χ1v) is 4.89. The molecule has 1 aromatic rings. The Morgan fingerprint density at radius 3 is 2.20 bits per heavy atom. The van der Waals surface area contributed by atoms with Crippen LogP contribution in [0.5, 0.6) is 0 Å². The van der Waals surface area contributed by atoms with Crippen LogP contribution in [0.1, 0.15) is 0 Å². The first-order chi connectivity index (χ1) is 4.50. The average Bonchev–Trinajstić information content (AvgIpc) is 2.11. The number of hydrogen-bond donors (Lipinski definition) is 0. The summed E-state index contributed by atoms with van der Waals surface area (Å²) in [6, 6.07) is 2.49. The van der Waals surface area contributed by atoms with Crippen molar-refractivity contribution in [2.75, 3.05) is 0 Å². The van der Waals surface area contributed by atoms with Crippen LogP contribution in [0.15, 0.2) is 21.6 Å². The summed E-state index contributed by atoms with van der Waals surface area (Å²) in [5.41, 5.74) is 0. The van der Waals surface area contributed by atoms with Crippen LogP contribution in [0.3, 0.4) is 0 Å². The Hall–Kier alpha value is -0.190. The fraction of sp³-hybridized carbons (Fsp3) is 0. The second-order valence-electron chi connectivity index (χ2n) is 1.50. The predicted molar refractivity (Wildman–Crippen MR) is 36.8 cm³/mol. The molecule has 0 aliphatic heterocycles. The lowest BCUT2D eigenvalue weighted by Crippen LogP contribution is -1.84. The number of halogens is 2. The summed E-state index contributed by atoms with van der Waals surface area (Å²) < 4.78 is 25.4. The zero-order valence-electron chi connectivity index (χ0n) is 4.54. The SMILES string of the molecule is O=S(=O)(Cl)c1ccc(Cl)o1. The normalized spacial score (nSPS) is 11.8. The first kappa shape index (κ1) is 7.91. The van der Waals surface area contributed by atoms with Gasteiger partial charge in [-0.25, -0.2) is 8.42 Å². The van der Waals surface area contributed by atoms with Gasteiger partial charge in [0.25, 0.3) is 9.05 Å². The monoisotopic (exact) mass is 200 g/mol. The van der Waals surface area contributed by atoms with E-state index in [0.29, 0.717) is 0 Å². The molecular formula is C4H2Cl2O3S. The lowest BCUT2D eigenvalue weighted by Gasteiger charge is -1.84. The molecule has 1 heterocycles. The fourth-order valence-electron chi connectivity index (χ4n) is 0.429. The molecule has 10 heavy (non-hydrogen) atoms. The second kappa shape index (κ2) is 2.45. The van der Waals surface area contributed by atoms with Crippen LogP contribution in [-0.4, -0.2) is 8.42 Å². The van der Waals surface area contributed by atoms with Crippen molar-refractivity contribution in [2.24, 2.45) is 0 Å². The molecular weight excluding hydrogens is 199 g/mol. The third kappa shape index (κ3) is 1.65. The molecule has 0 aliphatic carbocycles. The van der Waals surface area contributed by atoms with E-state index in [-0.39, 0.29) is 10.3 Å². The van der Waals surface area contributed by atoms with Gasteiger partial charge in [-0.1, -0.05) is 0 Å². The summed E-state index contributed by atoms with van der Waals surface area (Å²) >= 11 is 5.28. The first-order valence-electron chi connectivity index (χ1n) is 2.20. The summed E-state index contributed by atoms with van der Waals surface area (Å²) in [4.78, 5) is 0. The third-order valence-corrected chi connectivity index (χ3v) is 2.15. The van der Waals surface area contributed by atoms with Crippen LogP contribution < -0.4 is 0 Å². The molecule has 56 valence electrons. The quantitative estimate of drug-likeness (QED) is 0.651. The maximum Gasteiger partial charge on any atom is 0.294 e. The van der Waals surface area contributed by atoms with Crippen molar-refractivity contribution in [3.05, 3.63) is 17.4 Å². The van der Waals surface area contributed by atoms with E-state index in [1.54, 1.807) is 0 Å². The van der Waals surface area contributed by atoms with Crippen molar-refractivity contribution in [1.29, 1.82) is 0 Å². The molecule has 1 rings (SSSR count). The highest BCUT2D eigenvalue weighted by atomic mass is 35.7. The van der Waals surface area contributed by atoms with E-state index in [9.17, 15) is 8.42 Å². The maximum absolute atomic E-state index is 10.5. The van der Waals surface area contributed by atoms with Crippen molar-refractivity contribution in [3.63, 3.8) is 0 Å². The Kier molecular flexibility index (Phi) is 1.94. The second-order valence-corrected chi connectivity index (χ2v) is 4.37. The lowest BCUT2D eigenvalue weighted by atomic mass is 10.7. The van der Waals surface area contributed by atoms with Gasteiger partial charge in [-0.2, -0.15) is 0 Å². The van der Waals surface area contributed by atoms with Gasteiger partial charge in [0.2, 0.25) is 5.09 Å². The van der Waals surface area contributed by atoms with E-state index < -0.39 is 9.05 Å². The van der Waals surface area contributed by atoms with Crippen molar-refractivity contribution in [1.82, 2.24) is 0 Å². The Labute approximate surface area is 67.0 Å². The van der Waals surface area contributed by atoms with Crippen molar-refractivity contribution in [2.45, 2.75) is 5.09 Å². The summed E-state index contributed by atoms with van der Waals surface area (Å²) in [5.74, 6) is 0. The average molecular weight is 201 g/mol. The van der Waals surface area contributed by atoms with E-state index >= 15 is 0 Å². The van der Waals surface area contributed by atoms with Gasteiger partial charge in [-0.3, -0.25) is 0 Å². The summed E-state index contributed by atoms with van der Waals surface area (Å²) in [6.07, 6.45) is 0. The third-order valence-electron chi connectivity index (χ3n) is 0.789. The Morgan fingerprint density at radius 1 is 1.40 bits per heavy atom. The highest BCUT2D eigenvalue weighted by Crippen LogP contribution is 2.20. The minimum atomic E-state index is -3.76. The molecule has 0 saturated heterocycles. The molecule has 0 bridgehead atoms. The largest absolute Gasteiger partial charge is 0.432 e. The Bertz CT molecular complexity index is 326. The highest BCUT2D eigenvalue weighted by molar-refractivity contribution is 8.13. The van der Waals surface area contributed by atoms with Gasteiger partial charge in [0.15, 0.2) is 5.22 Å². The molecule has 0 unspecified atom stereocenters. The molecule has 0 N–H and O–H groups in total. The van der Waals surface area contributed by atoms with Crippen LogP contribution in [0.2, 0.25) is 5.22 Å². The lowest BCUT2D eigenvalue weighted by molar-refractivity contribution is 0.456. The van der Waals surface area contributed by atoms with E-state index in [1.165, 1.54) is 12.1 Å². The Balaban J connectivity index is 3.21.